The van der Waals surface area contributed by atoms with Crippen LogP contribution in [0.1, 0.15) is 43.9 Å². The number of hydrogen-bond donors (Lipinski definition) is 3. The van der Waals surface area contributed by atoms with Crippen LogP contribution in [0, 0.1) is 0 Å². The zero-order chi connectivity index (χ0) is 21.2. The number of nitrogens with two attached hydrogens (primary N) is 1. The van der Waals surface area contributed by atoms with Crippen molar-refractivity contribution >= 4 is 0 Å². The molecule has 0 amide bonds. The Labute approximate surface area is 180 Å². The number of hydrogen-bond acceptors (Lipinski definition) is 4. The first kappa shape index (κ1) is 22.6. The molecule has 5 heteroatoms. The molecule has 1 atom stereocenters. The summed E-state index contributed by atoms with van der Waals surface area (Å²) in [6, 6.07) is 4.59. The SMILES string of the molecule is C/C(CN)=C(/F)CNCC1CC2=C(C=CCC=C2)CN1.c1cnc2c(c1)CCCC2. The van der Waals surface area contributed by atoms with Crippen molar-refractivity contribution in [2.45, 2.75) is 51.5 Å². The number of allylic oxidation sites excluding steroid dienone is 3. The number of aromatic nitrogens is 1. The highest BCUT2D eigenvalue weighted by atomic mass is 19.1. The van der Waals surface area contributed by atoms with Crippen LogP contribution < -0.4 is 16.4 Å². The molecule has 0 spiro atoms. The molecule has 2 heterocycles. The van der Waals surface area contributed by atoms with Gasteiger partial charge in [0.2, 0.25) is 0 Å². The third-order valence-corrected chi connectivity index (χ3v) is 5.90. The highest BCUT2D eigenvalue weighted by Gasteiger charge is 2.18. The van der Waals surface area contributed by atoms with Gasteiger partial charge in [-0.15, -0.1) is 0 Å². The van der Waals surface area contributed by atoms with Crippen LogP contribution >= 0.6 is 0 Å². The van der Waals surface area contributed by atoms with Gasteiger partial charge >= 0.3 is 0 Å². The molecule has 1 aromatic heterocycles. The fraction of sp³-hybridized carbons (Fsp3) is 0.480. The summed E-state index contributed by atoms with van der Waals surface area (Å²) >= 11 is 0. The summed E-state index contributed by atoms with van der Waals surface area (Å²) in [5.41, 5.74) is 11.6. The summed E-state index contributed by atoms with van der Waals surface area (Å²) in [6.07, 6.45) is 17.8. The van der Waals surface area contributed by atoms with E-state index in [1.54, 1.807) is 6.92 Å². The van der Waals surface area contributed by atoms with Crippen molar-refractivity contribution < 1.29 is 4.39 Å². The molecule has 1 unspecified atom stereocenters. The van der Waals surface area contributed by atoms with Gasteiger partial charge in [-0.05, 0) is 73.8 Å². The van der Waals surface area contributed by atoms with E-state index in [1.165, 1.54) is 48.1 Å². The molecule has 0 bridgehead atoms. The minimum absolute atomic E-state index is 0.138. The number of rotatable bonds is 5. The van der Waals surface area contributed by atoms with Crippen molar-refractivity contribution in [1.29, 1.82) is 0 Å². The molecule has 0 aromatic carbocycles. The monoisotopic (exact) mass is 410 g/mol. The lowest BCUT2D eigenvalue weighted by Gasteiger charge is -2.26. The molecule has 162 valence electrons. The average molecular weight is 411 g/mol. The largest absolute Gasteiger partial charge is 0.327 e. The second-order valence-electron chi connectivity index (χ2n) is 8.21. The Morgan fingerprint density at radius 2 is 2.03 bits per heavy atom. The van der Waals surface area contributed by atoms with Crippen molar-refractivity contribution in [2.75, 3.05) is 26.2 Å². The molecule has 30 heavy (non-hydrogen) atoms. The minimum atomic E-state index is -0.138. The van der Waals surface area contributed by atoms with Gasteiger partial charge in [-0.1, -0.05) is 30.4 Å². The second kappa shape index (κ2) is 11.9. The predicted octanol–water partition coefficient (Wildman–Crippen LogP) is 3.91. The van der Waals surface area contributed by atoms with Crippen LogP contribution in [-0.4, -0.2) is 37.2 Å². The van der Waals surface area contributed by atoms with Gasteiger partial charge in [0.25, 0.3) is 0 Å². The van der Waals surface area contributed by atoms with Gasteiger partial charge in [0.15, 0.2) is 0 Å². The summed E-state index contributed by atoms with van der Waals surface area (Å²) in [5.74, 6) is -0.138. The highest BCUT2D eigenvalue weighted by molar-refractivity contribution is 5.39. The molecule has 0 radical (unpaired) electrons. The lowest BCUT2D eigenvalue weighted by atomic mass is 9.96. The summed E-state index contributed by atoms with van der Waals surface area (Å²) in [5, 5.41) is 6.66. The maximum Gasteiger partial charge on any atom is 0.114 e. The number of halogens is 1. The van der Waals surface area contributed by atoms with Crippen LogP contribution in [0.5, 0.6) is 0 Å². The molecule has 2 aliphatic carbocycles. The van der Waals surface area contributed by atoms with Gasteiger partial charge in [-0.3, -0.25) is 4.98 Å². The smallest absolute Gasteiger partial charge is 0.114 e. The minimum Gasteiger partial charge on any atom is -0.327 e. The lowest BCUT2D eigenvalue weighted by molar-refractivity contribution is 0.464. The first-order valence-electron chi connectivity index (χ1n) is 11.1. The maximum atomic E-state index is 13.6. The molecule has 4 nitrogen and oxygen atoms in total. The summed E-state index contributed by atoms with van der Waals surface area (Å²) < 4.78 is 13.6. The number of pyridine rings is 1. The summed E-state index contributed by atoms with van der Waals surface area (Å²) in [7, 11) is 0. The average Bonchev–Trinajstić information content (AvgIpc) is 3.04. The fourth-order valence-electron chi connectivity index (χ4n) is 3.97. The van der Waals surface area contributed by atoms with Crippen molar-refractivity contribution in [2.24, 2.45) is 5.73 Å². The molecule has 3 aliphatic rings. The van der Waals surface area contributed by atoms with Crippen LogP contribution in [0.25, 0.3) is 0 Å². The Bertz CT molecular complexity index is 797. The van der Waals surface area contributed by atoms with E-state index in [4.69, 9.17) is 5.73 Å². The quantitative estimate of drug-likeness (QED) is 0.689. The Morgan fingerprint density at radius 3 is 2.83 bits per heavy atom. The van der Waals surface area contributed by atoms with E-state index < -0.39 is 0 Å². The van der Waals surface area contributed by atoms with Crippen LogP contribution in [0.2, 0.25) is 0 Å². The summed E-state index contributed by atoms with van der Waals surface area (Å²) in [4.78, 5) is 4.32. The van der Waals surface area contributed by atoms with Gasteiger partial charge < -0.3 is 16.4 Å². The van der Waals surface area contributed by atoms with Gasteiger partial charge in [0.1, 0.15) is 5.83 Å². The molecule has 1 aliphatic heterocycles. The Balaban J connectivity index is 0.000000212. The molecular formula is C25H35FN4. The molecular weight excluding hydrogens is 375 g/mol. The molecule has 4 rings (SSSR count). The Kier molecular flexibility index (Phi) is 9.00. The Morgan fingerprint density at radius 1 is 1.23 bits per heavy atom. The molecule has 0 saturated heterocycles. The van der Waals surface area contributed by atoms with Crippen molar-refractivity contribution in [3.05, 3.63) is 76.4 Å². The van der Waals surface area contributed by atoms with Crippen LogP contribution in [0.4, 0.5) is 4.39 Å². The molecule has 4 N–H and O–H groups in total. The second-order valence-corrected chi connectivity index (χ2v) is 8.21. The van der Waals surface area contributed by atoms with Crippen LogP contribution in [-0.2, 0) is 12.8 Å². The van der Waals surface area contributed by atoms with E-state index in [9.17, 15) is 4.39 Å². The first-order chi connectivity index (χ1) is 14.7. The van der Waals surface area contributed by atoms with Crippen molar-refractivity contribution in [3.8, 4) is 0 Å². The van der Waals surface area contributed by atoms with E-state index >= 15 is 0 Å². The fourth-order valence-corrected chi connectivity index (χ4v) is 3.97. The van der Waals surface area contributed by atoms with Crippen LogP contribution in [0.3, 0.4) is 0 Å². The molecule has 1 aromatic rings. The highest BCUT2D eigenvalue weighted by Crippen LogP contribution is 2.21. The van der Waals surface area contributed by atoms with E-state index in [1.807, 2.05) is 12.3 Å². The predicted molar refractivity (Wildman–Crippen MR) is 123 cm³/mol. The van der Waals surface area contributed by atoms with Crippen LogP contribution in [0.15, 0.2) is 65.2 Å². The number of nitrogens with zero attached hydrogens (tertiary/aromatic N) is 1. The Hall–Kier alpha value is -2.08. The number of nitrogens with one attached hydrogen (secondary N) is 2. The van der Waals surface area contributed by atoms with Gasteiger partial charge in [-0.25, -0.2) is 4.39 Å². The molecule has 0 saturated carbocycles. The van der Waals surface area contributed by atoms with E-state index in [0.29, 0.717) is 11.6 Å². The maximum absolute atomic E-state index is 13.6. The van der Waals surface area contributed by atoms with E-state index in [2.05, 4.69) is 46.0 Å². The lowest BCUT2D eigenvalue weighted by Crippen LogP contribution is -2.42. The normalized spacial score (nSPS) is 21.1. The number of fused-ring (bicyclic) bond motifs is 1. The third kappa shape index (κ3) is 6.73. The zero-order valence-corrected chi connectivity index (χ0v) is 18.1. The van der Waals surface area contributed by atoms with Crippen molar-refractivity contribution in [1.82, 2.24) is 15.6 Å². The van der Waals surface area contributed by atoms with Gasteiger partial charge in [0, 0.05) is 44.1 Å². The first-order valence-corrected chi connectivity index (χ1v) is 11.1. The van der Waals surface area contributed by atoms with E-state index in [0.717, 1.165) is 25.9 Å². The van der Waals surface area contributed by atoms with Gasteiger partial charge in [0.05, 0.1) is 0 Å². The van der Waals surface area contributed by atoms with Crippen molar-refractivity contribution in [3.63, 3.8) is 0 Å². The third-order valence-electron chi connectivity index (χ3n) is 5.90. The standard InChI is InChI=1S/C16H24FN3.C9H11N/c1-12(8-18)16(17)11-19-10-15-7-13-5-3-2-4-6-14(13)9-20-15;1-2-6-9-8(4-1)5-3-7-10-9/h3-6,15,19-20H,2,7-11,18H2,1H3;3,5,7H,1-2,4,6H2/b16-12-;. The molecule has 0 fully saturated rings. The topological polar surface area (TPSA) is 63.0 Å². The van der Waals surface area contributed by atoms with Gasteiger partial charge in [-0.2, -0.15) is 0 Å². The zero-order valence-electron chi connectivity index (χ0n) is 18.1. The summed E-state index contributed by atoms with van der Waals surface area (Å²) in [6.45, 7) is 3.93. The van der Waals surface area contributed by atoms with E-state index in [-0.39, 0.29) is 18.9 Å². The number of aryl methyl sites for hydroxylation is 2.